The van der Waals surface area contributed by atoms with Crippen LogP contribution in [0, 0.1) is 0 Å². The molecule has 1 fully saturated rings. The molecule has 0 aliphatic carbocycles. The molecular formula is C26H22N4O2S2. The number of hydrogen-bond donors (Lipinski definition) is 0. The molecule has 1 aliphatic rings. The van der Waals surface area contributed by atoms with Crippen molar-refractivity contribution in [1.82, 2.24) is 14.3 Å². The van der Waals surface area contributed by atoms with Crippen LogP contribution in [0.2, 0.25) is 0 Å². The third-order valence-electron chi connectivity index (χ3n) is 6.26. The van der Waals surface area contributed by atoms with E-state index in [4.69, 9.17) is 0 Å². The number of benzene rings is 3. The lowest BCUT2D eigenvalue weighted by atomic mass is 10.1. The smallest absolute Gasteiger partial charge is 0.243 e. The van der Waals surface area contributed by atoms with Crippen molar-refractivity contribution in [3.05, 3.63) is 85.2 Å². The summed E-state index contributed by atoms with van der Waals surface area (Å²) < 4.78 is 28.2. The van der Waals surface area contributed by atoms with Gasteiger partial charge in [0.2, 0.25) is 10.0 Å². The molecule has 6 nitrogen and oxygen atoms in total. The summed E-state index contributed by atoms with van der Waals surface area (Å²) in [5.74, 6) is 0.867. The van der Waals surface area contributed by atoms with Gasteiger partial charge in [0.05, 0.1) is 10.3 Å². The number of nitrogens with zero attached hydrogens (tertiary/aromatic N) is 4. The summed E-state index contributed by atoms with van der Waals surface area (Å²) in [5.41, 5.74) is 1.16. The SMILES string of the molecule is O=S(=O)(c1ccc2ccccc2c1)N1CCN(c2ncnc3sc(-c4ccccc4)cc23)CC1. The van der Waals surface area contributed by atoms with Gasteiger partial charge in [-0.1, -0.05) is 60.7 Å². The Labute approximate surface area is 202 Å². The lowest BCUT2D eigenvalue weighted by molar-refractivity contribution is 0.384. The average Bonchev–Trinajstić information content (AvgIpc) is 3.34. The third-order valence-corrected chi connectivity index (χ3v) is 9.25. The largest absolute Gasteiger partial charge is 0.353 e. The van der Waals surface area contributed by atoms with Crippen molar-refractivity contribution in [2.75, 3.05) is 31.1 Å². The molecule has 6 rings (SSSR count). The number of sulfonamides is 1. The van der Waals surface area contributed by atoms with Crippen LogP contribution in [-0.2, 0) is 10.0 Å². The molecule has 0 unspecified atom stereocenters. The summed E-state index contributed by atoms with van der Waals surface area (Å²) in [6, 6.07) is 25.5. The topological polar surface area (TPSA) is 66.4 Å². The molecular weight excluding hydrogens is 464 g/mol. The zero-order chi connectivity index (χ0) is 23.1. The van der Waals surface area contributed by atoms with Gasteiger partial charge in [0.1, 0.15) is 17.0 Å². The standard InChI is InChI=1S/C26H22N4O2S2/c31-34(32,22-11-10-19-6-4-5-9-21(19)16-22)30-14-12-29(13-15-30)25-23-17-24(20-7-2-1-3-8-20)33-26(23)28-18-27-25/h1-11,16-18H,12-15H2. The number of thiophene rings is 1. The summed E-state index contributed by atoms with van der Waals surface area (Å²) in [6.07, 6.45) is 1.60. The molecule has 1 saturated heterocycles. The number of fused-ring (bicyclic) bond motifs is 2. The van der Waals surface area contributed by atoms with Gasteiger partial charge in [0, 0.05) is 31.1 Å². The van der Waals surface area contributed by atoms with Crippen LogP contribution in [-0.4, -0.2) is 48.9 Å². The van der Waals surface area contributed by atoms with Crippen LogP contribution in [0.15, 0.2) is 90.1 Å². The van der Waals surface area contributed by atoms with Gasteiger partial charge in [-0.3, -0.25) is 0 Å². The molecule has 0 saturated carbocycles. The predicted octanol–water partition coefficient (Wildman–Crippen LogP) is 5.02. The van der Waals surface area contributed by atoms with E-state index in [2.05, 4.69) is 33.1 Å². The maximum absolute atomic E-state index is 13.3. The van der Waals surface area contributed by atoms with Crippen LogP contribution in [0.3, 0.4) is 0 Å². The molecule has 34 heavy (non-hydrogen) atoms. The van der Waals surface area contributed by atoms with Gasteiger partial charge in [-0.25, -0.2) is 18.4 Å². The Morgan fingerprint density at radius 3 is 2.29 bits per heavy atom. The van der Waals surface area contributed by atoms with Crippen LogP contribution < -0.4 is 4.90 Å². The minimum atomic E-state index is -3.56. The molecule has 0 amide bonds. The van der Waals surface area contributed by atoms with Crippen molar-refractivity contribution in [2.24, 2.45) is 0 Å². The maximum Gasteiger partial charge on any atom is 0.243 e. The third kappa shape index (κ3) is 3.73. The molecule has 0 bridgehead atoms. The van der Waals surface area contributed by atoms with E-state index in [-0.39, 0.29) is 0 Å². The van der Waals surface area contributed by atoms with E-state index < -0.39 is 10.0 Å². The van der Waals surface area contributed by atoms with E-state index in [1.807, 2.05) is 48.5 Å². The van der Waals surface area contributed by atoms with Crippen LogP contribution in [0.1, 0.15) is 0 Å². The fourth-order valence-corrected chi connectivity index (χ4v) is 6.91. The highest BCUT2D eigenvalue weighted by Crippen LogP contribution is 2.36. The Hall–Kier alpha value is -3.33. The fourth-order valence-electron chi connectivity index (χ4n) is 4.46. The molecule has 1 aliphatic heterocycles. The van der Waals surface area contributed by atoms with Gasteiger partial charge in [-0.05, 0) is 34.5 Å². The highest BCUT2D eigenvalue weighted by Gasteiger charge is 2.30. The molecule has 2 aromatic heterocycles. The molecule has 3 heterocycles. The zero-order valence-corrected chi connectivity index (χ0v) is 20.0. The first-order valence-corrected chi connectivity index (χ1v) is 13.4. The van der Waals surface area contributed by atoms with Gasteiger partial charge >= 0.3 is 0 Å². The average molecular weight is 487 g/mol. The Balaban J connectivity index is 1.24. The number of piperazine rings is 1. The monoisotopic (exact) mass is 486 g/mol. The van der Waals surface area contributed by atoms with Crippen molar-refractivity contribution in [3.63, 3.8) is 0 Å². The van der Waals surface area contributed by atoms with Crippen molar-refractivity contribution in [3.8, 4) is 10.4 Å². The predicted molar refractivity (Wildman–Crippen MR) is 138 cm³/mol. The molecule has 0 spiro atoms. The highest BCUT2D eigenvalue weighted by molar-refractivity contribution is 7.89. The summed E-state index contributed by atoms with van der Waals surface area (Å²) in [4.78, 5) is 13.6. The van der Waals surface area contributed by atoms with Crippen LogP contribution in [0.25, 0.3) is 31.4 Å². The van der Waals surface area contributed by atoms with Gasteiger partial charge in [-0.15, -0.1) is 11.3 Å². The summed E-state index contributed by atoms with van der Waals surface area (Å²) in [5, 5.41) is 2.97. The Morgan fingerprint density at radius 2 is 1.50 bits per heavy atom. The number of aromatic nitrogens is 2. The van der Waals surface area contributed by atoms with Crippen LogP contribution >= 0.6 is 11.3 Å². The van der Waals surface area contributed by atoms with E-state index >= 15 is 0 Å². The molecule has 0 atom stereocenters. The lowest BCUT2D eigenvalue weighted by Gasteiger charge is -2.34. The normalized spacial score (nSPS) is 15.2. The highest BCUT2D eigenvalue weighted by atomic mass is 32.2. The Bertz CT molecular complexity index is 1590. The summed E-state index contributed by atoms with van der Waals surface area (Å²) in [7, 11) is -3.56. The first-order chi connectivity index (χ1) is 16.6. The van der Waals surface area contributed by atoms with Crippen LogP contribution in [0.5, 0.6) is 0 Å². The van der Waals surface area contributed by atoms with Crippen molar-refractivity contribution >= 4 is 48.2 Å². The second-order valence-electron chi connectivity index (χ2n) is 8.29. The molecule has 0 N–H and O–H groups in total. The molecule has 0 radical (unpaired) electrons. The van der Waals surface area contributed by atoms with E-state index in [1.165, 1.54) is 0 Å². The van der Waals surface area contributed by atoms with Gasteiger partial charge in [-0.2, -0.15) is 4.31 Å². The summed E-state index contributed by atoms with van der Waals surface area (Å²) in [6.45, 7) is 1.98. The number of rotatable bonds is 4. The van der Waals surface area contributed by atoms with E-state index in [1.54, 1.807) is 34.1 Å². The minimum absolute atomic E-state index is 0.342. The number of anilines is 1. The Kier molecular flexibility index (Phi) is 5.28. The van der Waals surface area contributed by atoms with E-state index in [0.29, 0.717) is 31.1 Å². The molecule has 3 aromatic carbocycles. The number of hydrogen-bond acceptors (Lipinski definition) is 6. The van der Waals surface area contributed by atoms with Gasteiger partial charge in [0.15, 0.2) is 0 Å². The lowest BCUT2D eigenvalue weighted by Crippen LogP contribution is -2.49. The first-order valence-electron chi connectivity index (χ1n) is 11.1. The van der Waals surface area contributed by atoms with Crippen molar-refractivity contribution in [2.45, 2.75) is 4.90 Å². The Morgan fingerprint density at radius 1 is 0.765 bits per heavy atom. The fraction of sp³-hybridized carbons (Fsp3) is 0.154. The van der Waals surface area contributed by atoms with Crippen LogP contribution in [0.4, 0.5) is 5.82 Å². The first kappa shape index (κ1) is 21.2. The van der Waals surface area contributed by atoms with E-state index in [9.17, 15) is 8.42 Å². The molecule has 8 heteroatoms. The van der Waals surface area contributed by atoms with Crippen molar-refractivity contribution < 1.29 is 8.42 Å². The minimum Gasteiger partial charge on any atom is -0.353 e. The quantitative estimate of drug-likeness (QED) is 0.357. The van der Waals surface area contributed by atoms with Gasteiger partial charge < -0.3 is 4.90 Å². The van der Waals surface area contributed by atoms with Crippen molar-refractivity contribution in [1.29, 1.82) is 0 Å². The summed E-state index contributed by atoms with van der Waals surface area (Å²) >= 11 is 1.65. The van der Waals surface area contributed by atoms with E-state index in [0.717, 1.165) is 37.2 Å². The molecule has 5 aromatic rings. The van der Waals surface area contributed by atoms with Gasteiger partial charge in [0.25, 0.3) is 0 Å². The zero-order valence-electron chi connectivity index (χ0n) is 18.3. The molecule has 170 valence electrons. The second-order valence-corrected chi connectivity index (χ2v) is 11.3. The maximum atomic E-state index is 13.3. The second kappa shape index (κ2) is 8.47.